The number of halogens is 1. The van der Waals surface area contributed by atoms with Crippen molar-refractivity contribution >= 4 is 17.6 Å². The molecule has 1 atom stereocenters. The highest BCUT2D eigenvalue weighted by Gasteiger charge is 2.42. The smallest absolute Gasteiger partial charge is 0.322 e. The summed E-state index contributed by atoms with van der Waals surface area (Å²) < 4.78 is 13.8. The van der Waals surface area contributed by atoms with Crippen LogP contribution in [0.4, 0.5) is 14.9 Å². The first kappa shape index (κ1) is 17.3. The molecule has 0 spiro atoms. The fourth-order valence-electron chi connectivity index (χ4n) is 3.48. The highest BCUT2D eigenvalue weighted by Crippen LogP contribution is 2.37. The fourth-order valence-corrected chi connectivity index (χ4v) is 3.48. The van der Waals surface area contributed by atoms with Gasteiger partial charge in [0.05, 0.1) is 11.6 Å². The molecule has 2 aliphatic rings. The van der Waals surface area contributed by atoms with Crippen LogP contribution in [-0.2, 0) is 4.79 Å². The lowest BCUT2D eigenvalue weighted by molar-refractivity contribution is -0.113. The molecular formula is C21H20FN3O2. The Labute approximate surface area is 156 Å². The Morgan fingerprint density at radius 1 is 1.15 bits per heavy atom. The van der Waals surface area contributed by atoms with Gasteiger partial charge < -0.3 is 10.6 Å². The number of rotatable bonds is 4. The number of para-hydroxylation sites is 1. The lowest BCUT2D eigenvalue weighted by Gasteiger charge is -2.36. The number of anilines is 1. The molecule has 0 aromatic heterocycles. The van der Waals surface area contributed by atoms with Gasteiger partial charge in [-0.2, -0.15) is 0 Å². The lowest BCUT2D eigenvalue weighted by Crippen LogP contribution is -2.49. The largest absolute Gasteiger partial charge is 0.326 e. The minimum atomic E-state index is -0.702. The minimum absolute atomic E-state index is 0.123. The van der Waals surface area contributed by atoms with Gasteiger partial charge in [-0.3, -0.25) is 9.69 Å². The molecular weight excluding hydrogens is 345 g/mol. The van der Waals surface area contributed by atoms with Gasteiger partial charge in [0.2, 0.25) is 0 Å². The van der Waals surface area contributed by atoms with E-state index >= 15 is 0 Å². The number of nitrogens with one attached hydrogen (secondary N) is 2. The van der Waals surface area contributed by atoms with Gasteiger partial charge in [0, 0.05) is 17.4 Å². The predicted octanol–water partition coefficient (Wildman–Crippen LogP) is 3.97. The molecule has 0 radical (unpaired) electrons. The molecule has 2 aromatic rings. The normalized spacial score (nSPS) is 19.7. The van der Waals surface area contributed by atoms with E-state index in [1.54, 1.807) is 36.1 Å². The Bertz CT molecular complexity index is 922. The zero-order chi connectivity index (χ0) is 19.0. The van der Waals surface area contributed by atoms with Crippen LogP contribution < -0.4 is 10.6 Å². The second kappa shape index (κ2) is 6.87. The van der Waals surface area contributed by atoms with E-state index in [0.717, 1.165) is 12.8 Å². The van der Waals surface area contributed by atoms with Gasteiger partial charge in [-0.1, -0.05) is 30.3 Å². The van der Waals surface area contributed by atoms with E-state index in [-0.39, 0.29) is 18.0 Å². The maximum Gasteiger partial charge on any atom is 0.322 e. The Morgan fingerprint density at radius 3 is 2.56 bits per heavy atom. The number of carbonyl (C=O) groups excluding carboxylic acids is 2. The van der Waals surface area contributed by atoms with E-state index in [1.807, 2.05) is 18.2 Å². The molecule has 5 nitrogen and oxygen atoms in total. The predicted molar refractivity (Wildman–Crippen MR) is 100 cm³/mol. The van der Waals surface area contributed by atoms with Crippen LogP contribution in [0.3, 0.4) is 0 Å². The van der Waals surface area contributed by atoms with Gasteiger partial charge in [-0.25, -0.2) is 9.18 Å². The molecule has 27 heavy (non-hydrogen) atoms. The van der Waals surface area contributed by atoms with Crippen molar-refractivity contribution in [3.8, 4) is 0 Å². The molecule has 138 valence electrons. The van der Waals surface area contributed by atoms with Crippen molar-refractivity contribution in [2.75, 3.05) is 5.32 Å². The van der Waals surface area contributed by atoms with Crippen LogP contribution in [0.15, 0.2) is 65.9 Å². The first-order chi connectivity index (χ1) is 13.0. The zero-order valence-electron chi connectivity index (χ0n) is 14.9. The number of benzene rings is 2. The van der Waals surface area contributed by atoms with Crippen molar-refractivity contribution in [3.63, 3.8) is 0 Å². The molecule has 0 bridgehead atoms. The number of hydrogen-bond donors (Lipinski definition) is 2. The van der Waals surface area contributed by atoms with Crippen molar-refractivity contribution in [2.45, 2.75) is 31.8 Å². The highest BCUT2D eigenvalue weighted by molar-refractivity contribution is 6.06. The Balaban J connectivity index is 1.75. The van der Waals surface area contributed by atoms with Gasteiger partial charge >= 0.3 is 6.03 Å². The molecule has 1 heterocycles. The van der Waals surface area contributed by atoms with Crippen molar-refractivity contribution in [3.05, 3.63) is 77.2 Å². The number of hydrogen-bond acceptors (Lipinski definition) is 2. The molecule has 1 aliphatic carbocycles. The summed E-state index contributed by atoms with van der Waals surface area (Å²) in [6, 6.07) is 14.3. The summed E-state index contributed by atoms with van der Waals surface area (Å²) in [7, 11) is 0. The average Bonchev–Trinajstić information content (AvgIpc) is 3.47. The summed E-state index contributed by atoms with van der Waals surface area (Å²) in [5.74, 6) is -0.717. The second-order valence-corrected chi connectivity index (χ2v) is 6.86. The summed E-state index contributed by atoms with van der Waals surface area (Å²) in [6.45, 7) is 1.78. The number of allylic oxidation sites excluding steroid dienone is 1. The summed E-state index contributed by atoms with van der Waals surface area (Å²) in [4.78, 5) is 27.4. The van der Waals surface area contributed by atoms with Crippen molar-refractivity contribution in [2.24, 2.45) is 0 Å². The monoisotopic (exact) mass is 365 g/mol. The molecule has 1 fully saturated rings. The summed E-state index contributed by atoms with van der Waals surface area (Å²) >= 11 is 0. The van der Waals surface area contributed by atoms with Gasteiger partial charge in [0.15, 0.2) is 0 Å². The zero-order valence-corrected chi connectivity index (χ0v) is 14.9. The molecule has 1 saturated carbocycles. The van der Waals surface area contributed by atoms with E-state index in [1.165, 1.54) is 12.1 Å². The Morgan fingerprint density at radius 2 is 1.89 bits per heavy atom. The molecule has 1 aliphatic heterocycles. The topological polar surface area (TPSA) is 61.4 Å². The van der Waals surface area contributed by atoms with E-state index in [2.05, 4.69) is 10.6 Å². The van der Waals surface area contributed by atoms with Crippen molar-refractivity contribution < 1.29 is 14.0 Å². The van der Waals surface area contributed by atoms with E-state index < -0.39 is 11.9 Å². The molecule has 2 N–H and O–H groups in total. The minimum Gasteiger partial charge on any atom is -0.326 e. The number of nitrogens with zero attached hydrogens (tertiary/aromatic N) is 1. The van der Waals surface area contributed by atoms with Crippen LogP contribution in [0.1, 0.15) is 31.4 Å². The number of amides is 3. The quantitative estimate of drug-likeness (QED) is 0.861. The maximum atomic E-state index is 13.8. The molecule has 6 heteroatoms. The molecule has 0 unspecified atom stereocenters. The Kier molecular flexibility index (Phi) is 4.39. The van der Waals surface area contributed by atoms with E-state index in [9.17, 15) is 14.0 Å². The SMILES string of the molecule is CC1=C(C(=O)Nc2ccccc2)[C@@H](c2cccc(F)c2)NC(=O)N1C1CC1. The molecule has 3 amide bonds. The maximum absolute atomic E-state index is 13.8. The number of urea groups is 1. The third-order valence-electron chi connectivity index (χ3n) is 4.90. The van der Waals surface area contributed by atoms with E-state index in [4.69, 9.17) is 0 Å². The molecule has 4 rings (SSSR count). The highest BCUT2D eigenvalue weighted by atomic mass is 19.1. The first-order valence-corrected chi connectivity index (χ1v) is 8.97. The van der Waals surface area contributed by atoms with Crippen molar-refractivity contribution in [1.29, 1.82) is 0 Å². The van der Waals surface area contributed by atoms with Gasteiger partial charge in [-0.15, -0.1) is 0 Å². The fraction of sp³-hybridized carbons (Fsp3) is 0.238. The Hall–Kier alpha value is -3.15. The summed E-state index contributed by atoms with van der Waals surface area (Å²) in [5, 5.41) is 5.76. The number of carbonyl (C=O) groups is 2. The van der Waals surface area contributed by atoms with Gasteiger partial charge in [0.1, 0.15) is 5.82 Å². The first-order valence-electron chi connectivity index (χ1n) is 8.97. The summed E-state index contributed by atoms with van der Waals surface area (Å²) in [6.07, 6.45) is 1.84. The van der Waals surface area contributed by atoms with Crippen molar-refractivity contribution in [1.82, 2.24) is 10.2 Å². The van der Waals surface area contributed by atoms with Gasteiger partial charge in [-0.05, 0) is 49.6 Å². The van der Waals surface area contributed by atoms with Crippen LogP contribution in [-0.4, -0.2) is 22.9 Å². The average molecular weight is 365 g/mol. The van der Waals surface area contributed by atoms with Crippen LogP contribution in [0.5, 0.6) is 0 Å². The summed E-state index contributed by atoms with van der Waals surface area (Å²) in [5.41, 5.74) is 2.24. The molecule has 0 saturated heterocycles. The van der Waals surface area contributed by atoms with Crippen LogP contribution in [0.25, 0.3) is 0 Å². The van der Waals surface area contributed by atoms with Crippen LogP contribution >= 0.6 is 0 Å². The second-order valence-electron chi connectivity index (χ2n) is 6.86. The lowest BCUT2D eigenvalue weighted by atomic mass is 9.94. The van der Waals surface area contributed by atoms with Crippen LogP contribution in [0.2, 0.25) is 0 Å². The van der Waals surface area contributed by atoms with Gasteiger partial charge in [0.25, 0.3) is 5.91 Å². The third-order valence-corrected chi connectivity index (χ3v) is 4.90. The third kappa shape index (κ3) is 3.43. The molecule has 2 aromatic carbocycles. The standard InChI is InChI=1S/C21H20FN3O2/c1-13-18(20(26)23-16-8-3-2-4-9-16)19(14-6-5-7-15(22)12-14)24-21(27)25(13)17-10-11-17/h2-9,12,17,19H,10-11H2,1H3,(H,23,26)(H,24,27)/t19-/m1/s1. The van der Waals surface area contributed by atoms with E-state index in [0.29, 0.717) is 22.5 Å². The van der Waals surface area contributed by atoms with Crippen LogP contribution in [0, 0.1) is 5.82 Å².